The Morgan fingerprint density at radius 1 is 1.12 bits per heavy atom. The van der Waals surface area contributed by atoms with E-state index in [2.05, 4.69) is 10.6 Å². The molecule has 0 aliphatic rings. The van der Waals surface area contributed by atoms with Crippen LogP contribution in [-0.4, -0.2) is 13.1 Å². The predicted molar refractivity (Wildman–Crippen MR) is 92.4 cm³/mol. The van der Waals surface area contributed by atoms with Crippen LogP contribution in [0, 0.1) is 0 Å². The van der Waals surface area contributed by atoms with Crippen molar-refractivity contribution in [3.8, 4) is 0 Å². The third-order valence-corrected chi connectivity index (χ3v) is 3.92. The zero-order chi connectivity index (χ0) is 19.2. The van der Waals surface area contributed by atoms with Gasteiger partial charge in [0.05, 0.1) is 18.2 Å². The number of nitrogens with one attached hydrogen (secondary N) is 2. The van der Waals surface area contributed by atoms with Gasteiger partial charge >= 0.3 is 12.2 Å². The van der Waals surface area contributed by atoms with Crippen LogP contribution in [0.4, 0.5) is 18.0 Å². The summed E-state index contributed by atoms with van der Waals surface area (Å²) >= 11 is 0. The lowest BCUT2D eigenvalue weighted by molar-refractivity contribution is -0.137. The maximum Gasteiger partial charge on any atom is 0.416 e. The molecule has 0 spiro atoms. The van der Waals surface area contributed by atoms with Crippen LogP contribution in [0.25, 0.3) is 0 Å². The summed E-state index contributed by atoms with van der Waals surface area (Å²) in [6.45, 7) is 2.36. The van der Waals surface area contributed by atoms with Crippen molar-refractivity contribution in [1.29, 1.82) is 0 Å². The smallest absolute Gasteiger partial charge is 0.380 e. The van der Waals surface area contributed by atoms with E-state index in [4.69, 9.17) is 4.74 Å². The first-order valence-electron chi connectivity index (χ1n) is 8.08. The van der Waals surface area contributed by atoms with Crippen molar-refractivity contribution in [1.82, 2.24) is 10.6 Å². The van der Waals surface area contributed by atoms with E-state index in [0.717, 1.165) is 23.3 Å². The molecule has 2 amide bonds. The van der Waals surface area contributed by atoms with E-state index >= 15 is 0 Å². The van der Waals surface area contributed by atoms with Gasteiger partial charge in [0.25, 0.3) is 0 Å². The Bertz CT molecular complexity index is 748. The van der Waals surface area contributed by atoms with E-state index in [1.165, 1.54) is 6.07 Å². The average Bonchev–Trinajstić information content (AvgIpc) is 2.60. The van der Waals surface area contributed by atoms with E-state index < -0.39 is 23.8 Å². The third kappa shape index (κ3) is 5.49. The molecule has 1 atom stereocenters. The second-order valence-corrected chi connectivity index (χ2v) is 5.87. The number of carbonyl (C=O) groups excluding carboxylic acids is 1. The number of ether oxygens (including phenoxy) is 1. The summed E-state index contributed by atoms with van der Waals surface area (Å²) < 4.78 is 43.5. The van der Waals surface area contributed by atoms with Crippen LogP contribution in [0.3, 0.4) is 0 Å². The number of amides is 2. The average molecular weight is 366 g/mol. The zero-order valence-corrected chi connectivity index (χ0v) is 14.6. The van der Waals surface area contributed by atoms with Crippen molar-refractivity contribution in [2.75, 3.05) is 7.11 Å². The molecule has 0 saturated carbocycles. The molecule has 0 aliphatic carbocycles. The minimum Gasteiger partial charge on any atom is -0.380 e. The molecule has 0 heterocycles. The molecular formula is C19H21F3N2O2. The predicted octanol–water partition coefficient (Wildman–Crippen LogP) is 4.41. The molecule has 0 aliphatic heterocycles. The maximum absolute atomic E-state index is 12.8. The van der Waals surface area contributed by atoms with Crippen LogP contribution in [0.1, 0.15) is 35.2 Å². The second kappa shape index (κ2) is 8.71. The second-order valence-electron chi connectivity index (χ2n) is 5.87. The topological polar surface area (TPSA) is 50.4 Å². The molecule has 2 N–H and O–H groups in total. The Morgan fingerprint density at radius 3 is 2.46 bits per heavy atom. The number of alkyl halides is 3. The van der Waals surface area contributed by atoms with Gasteiger partial charge in [-0.05, 0) is 35.7 Å². The van der Waals surface area contributed by atoms with Crippen molar-refractivity contribution in [3.63, 3.8) is 0 Å². The number of benzene rings is 2. The number of hydrogen-bond donors (Lipinski definition) is 2. The zero-order valence-electron chi connectivity index (χ0n) is 14.6. The Morgan fingerprint density at radius 2 is 1.81 bits per heavy atom. The summed E-state index contributed by atoms with van der Waals surface area (Å²) in [4.78, 5) is 12.1. The Labute approximate surface area is 150 Å². The van der Waals surface area contributed by atoms with Crippen LogP contribution in [-0.2, 0) is 24.1 Å². The van der Waals surface area contributed by atoms with Crippen LogP contribution in [0.5, 0.6) is 0 Å². The molecule has 0 bridgehead atoms. The van der Waals surface area contributed by atoms with Gasteiger partial charge in [-0.3, -0.25) is 0 Å². The number of carbonyl (C=O) groups is 1. The molecule has 1 unspecified atom stereocenters. The lowest BCUT2D eigenvalue weighted by Gasteiger charge is -2.17. The lowest BCUT2D eigenvalue weighted by Crippen LogP contribution is -2.36. The van der Waals surface area contributed by atoms with Gasteiger partial charge in [0.15, 0.2) is 0 Å². The largest absolute Gasteiger partial charge is 0.416 e. The summed E-state index contributed by atoms with van der Waals surface area (Å²) in [5.74, 6) is 0. The van der Waals surface area contributed by atoms with Crippen LogP contribution >= 0.6 is 0 Å². The van der Waals surface area contributed by atoms with Gasteiger partial charge in [0.2, 0.25) is 0 Å². The molecule has 0 saturated heterocycles. The van der Waals surface area contributed by atoms with E-state index in [1.54, 1.807) is 20.1 Å². The first-order valence-corrected chi connectivity index (χ1v) is 8.08. The van der Waals surface area contributed by atoms with Crippen molar-refractivity contribution >= 4 is 6.03 Å². The molecule has 2 aromatic rings. The van der Waals surface area contributed by atoms with Gasteiger partial charge in [-0.2, -0.15) is 13.2 Å². The lowest BCUT2D eigenvalue weighted by atomic mass is 10.1. The molecule has 140 valence electrons. The molecule has 0 fully saturated rings. The highest BCUT2D eigenvalue weighted by Crippen LogP contribution is 2.30. The molecule has 2 aromatic carbocycles. The van der Waals surface area contributed by atoms with Crippen molar-refractivity contribution < 1.29 is 22.7 Å². The fourth-order valence-electron chi connectivity index (χ4n) is 2.52. The summed E-state index contributed by atoms with van der Waals surface area (Å²) in [6.07, 6.45) is -4.41. The highest BCUT2D eigenvalue weighted by atomic mass is 19.4. The minimum atomic E-state index is -4.41. The van der Waals surface area contributed by atoms with Gasteiger partial charge in [0.1, 0.15) is 0 Å². The molecule has 26 heavy (non-hydrogen) atoms. The first-order chi connectivity index (χ1) is 12.3. The Kier molecular flexibility index (Phi) is 6.63. The standard InChI is InChI=1S/C19H21F3N2O2/c1-13(14-8-5-9-17(10-14)19(20,21)22)24-18(25)23-11-15-6-3-4-7-16(15)12-26-2/h3-10,13H,11-12H2,1-2H3,(H2,23,24,25). The molecular weight excluding hydrogens is 345 g/mol. The van der Waals surface area contributed by atoms with E-state index in [-0.39, 0.29) is 0 Å². The normalized spacial score (nSPS) is 12.5. The number of urea groups is 1. The SMILES string of the molecule is COCc1ccccc1CNC(=O)NC(C)c1cccc(C(F)(F)F)c1. The van der Waals surface area contributed by atoms with Gasteiger partial charge in [0, 0.05) is 13.7 Å². The third-order valence-electron chi connectivity index (χ3n) is 3.92. The van der Waals surface area contributed by atoms with Gasteiger partial charge in [-0.1, -0.05) is 36.4 Å². The highest BCUT2D eigenvalue weighted by Gasteiger charge is 2.30. The van der Waals surface area contributed by atoms with E-state index in [9.17, 15) is 18.0 Å². The molecule has 7 heteroatoms. The van der Waals surface area contributed by atoms with E-state index in [1.807, 2.05) is 24.3 Å². The number of methoxy groups -OCH3 is 1. The van der Waals surface area contributed by atoms with Crippen molar-refractivity contribution in [3.05, 3.63) is 70.8 Å². The Hall–Kier alpha value is -2.54. The Balaban J connectivity index is 1.96. The molecule has 2 rings (SSSR count). The fourth-order valence-corrected chi connectivity index (χ4v) is 2.52. The highest BCUT2D eigenvalue weighted by molar-refractivity contribution is 5.74. The summed E-state index contributed by atoms with van der Waals surface area (Å²) in [5, 5.41) is 5.36. The fraction of sp³-hybridized carbons (Fsp3) is 0.316. The van der Waals surface area contributed by atoms with E-state index in [0.29, 0.717) is 18.7 Å². The van der Waals surface area contributed by atoms with Crippen LogP contribution in [0.15, 0.2) is 48.5 Å². The van der Waals surface area contributed by atoms with Gasteiger partial charge in [-0.25, -0.2) is 4.79 Å². The van der Waals surface area contributed by atoms with Crippen LogP contribution < -0.4 is 10.6 Å². The number of halogens is 3. The van der Waals surface area contributed by atoms with Crippen molar-refractivity contribution in [2.24, 2.45) is 0 Å². The number of hydrogen-bond acceptors (Lipinski definition) is 2. The van der Waals surface area contributed by atoms with Gasteiger partial charge < -0.3 is 15.4 Å². The van der Waals surface area contributed by atoms with Crippen molar-refractivity contribution in [2.45, 2.75) is 32.3 Å². The number of rotatable bonds is 6. The van der Waals surface area contributed by atoms with Crippen LogP contribution in [0.2, 0.25) is 0 Å². The monoisotopic (exact) mass is 366 g/mol. The summed E-state index contributed by atoms with van der Waals surface area (Å²) in [7, 11) is 1.59. The first kappa shape index (κ1) is 19.8. The van der Waals surface area contributed by atoms with Gasteiger partial charge in [-0.15, -0.1) is 0 Å². The summed E-state index contributed by atoms with van der Waals surface area (Å²) in [6, 6.07) is 11.4. The molecule has 0 aromatic heterocycles. The maximum atomic E-state index is 12.8. The minimum absolute atomic E-state index is 0.292. The summed E-state index contributed by atoms with van der Waals surface area (Å²) in [5.41, 5.74) is 1.52. The molecule has 0 radical (unpaired) electrons. The quantitative estimate of drug-likeness (QED) is 0.796. The molecule has 4 nitrogen and oxygen atoms in total.